The number of carbonyl (C=O) groups is 1. The molecule has 1 N–H and O–H groups in total. The second kappa shape index (κ2) is 8.17. The van der Waals surface area contributed by atoms with E-state index in [4.69, 9.17) is 0 Å². The van der Waals surface area contributed by atoms with E-state index in [1.165, 1.54) is 51.4 Å². The number of hydrogen-bond donors (Lipinski definition) is 1. The van der Waals surface area contributed by atoms with Gasteiger partial charge in [0, 0.05) is 12.6 Å². The summed E-state index contributed by atoms with van der Waals surface area (Å²) >= 11 is 0. The number of unbranched alkanes of at least 4 members (excludes halogenated alkanes) is 4. The number of amides is 1. The molecule has 2 heterocycles. The predicted octanol–water partition coefficient (Wildman–Crippen LogP) is 3.73. The van der Waals surface area contributed by atoms with Crippen LogP contribution in [0.25, 0.3) is 0 Å². The molecule has 122 valence electrons. The molecular weight excluding hydrogens is 260 g/mol. The minimum Gasteiger partial charge on any atom is -0.354 e. The molecule has 3 nitrogen and oxygen atoms in total. The molecule has 21 heavy (non-hydrogen) atoms. The van der Waals surface area contributed by atoms with Crippen LogP contribution >= 0.6 is 0 Å². The number of piperidine rings is 1. The van der Waals surface area contributed by atoms with Crippen LogP contribution in [0.15, 0.2) is 0 Å². The van der Waals surface area contributed by atoms with Gasteiger partial charge in [-0.25, -0.2) is 0 Å². The summed E-state index contributed by atoms with van der Waals surface area (Å²) in [6.45, 7) is 7.77. The maximum atomic E-state index is 11.8. The smallest absolute Gasteiger partial charge is 0.228 e. The Labute approximate surface area is 130 Å². The summed E-state index contributed by atoms with van der Waals surface area (Å²) in [7, 11) is 0. The van der Waals surface area contributed by atoms with Crippen molar-refractivity contribution in [2.75, 3.05) is 19.6 Å². The molecule has 1 unspecified atom stereocenters. The van der Waals surface area contributed by atoms with Crippen LogP contribution in [0.4, 0.5) is 0 Å². The Balaban J connectivity index is 1.72. The van der Waals surface area contributed by atoms with Gasteiger partial charge < -0.3 is 10.2 Å². The Morgan fingerprint density at radius 2 is 1.76 bits per heavy atom. The molecule has 0 aliphatic carbocycles. The first kappa shape index (κ1) is 16.8. The van der Waals surface area contributed by atoms with E-state index in [0.717, 1.165) is 38.5 Å². The Bertz CT molecular complexity index is 321. The van der Waals surface area contributed by atoms with Gasteiger partial charge in [-0.15, -0.1) is 0 Å². The molecule has 2 aliphatic rings. The number of rotatable bonds is 9. The fourth-order valence-electron chi connectivity index (χ4n) is 3.96. The maximum absolute atomic E-state index is 11.8. The SMILES string of the molecule is CCCCCCCC(CCC)N1CCC2(CC1)CNC2=O. The third-order valence-corrected chi connectivity index (χ3v) is 5.60. The number of β-lactam (4-membered cyclic amide) rings is 1. The third kappa shape index (κ3) is 4.21. The molecule has 0 aromatic rings. The summed E-state index contributed by atoms with van der Waals surface area (Å²) in [5.74, 6) is 0.314. The van der Waals surface area contributed by atoms with Crippen LogP contribution in [0, 0.1) is 5.41 Å². The molecule has 2 aliphatic heterocycles. The average molecular weight is 294 g/mol. The van der Waals surface area contributed by atoms with Gasteiger partial charge in [-0.1, -0.05) is 52.4 Å². The highest BCUT2D eigenvalue weighted by Gasteiger charge is 2.48. The van der Waals surface area contributed by atoms with Crippen molar-refractivity contribution in [1.82, 2.24) is 10.2 Å². The number of carbonyl (C=O) groups excluding carboxylic acids is 1. The van der Waals surface area contributed by atoms with Gasteiger partial charge in [0.15, 0.2) is 0 Å². The molecule has 0 aromatic heterocycles. The van der Waals surface area contributed by atoms with Crippen LogP contribution in [0.1, 0.15) is 78.1 Å². The predicted molar refractivity (Wildman–Crippen MR) is 88.3 cm³/mol. The van der Waals surface area contributed by atoms with Crippen LogP contribution in [-0.4, -0.2) is 36.5 Å². The molecular formula is C18H34N2O. The van der Waals surface area contributed by atoms with Crippen LogP contribution in [-0.2, 0) is 4.79 Å². The first-order chi connectivity index (χ1) is 10.2. The summed E-state index contributed by atoms with van der Waals surface area (Å²) in [6, 6.07) is 0.761. The zero-order valence-electron chi connectivity index (χ0n) is 14.1. The van der Waals surface area contributed by atoms with E-state index in [9.17, 15) is 4.79 Å². The lowest BCUT2D eigenvalue weighted by atomic mass is 9.72. The van der Waals surface area contributed by atoms with E-state index >= 15 is 0 Å². The highest BCUT2D eigenvalue weighted by atomic mass is 16.2. The van der Waals surface area contributed by atoms with Crippen molar-refractivity contribution in [3.8, 4) is 0 Å². The van der Waals surface area contributed by atoms with Gasteiger partial charge in [0.05, 0.1) is 5.41 Å². The first-order valence-electron chi connectivity index (χ1n) is 9.24. The highest BCUT2D eigenvalue weighted by Crippen LogP contribution is 2.37. The summed E-state index contributed by atoms with van der Waals surface area (Å²) in [5, 5.41) is 2.93. The van der Waals surface area contributed by atoms with Gasteiger partial charge in [0.25, 0.3) is 0 Å². The van der Waals surface area contributed by atoms with Crippen molar-refractivity contribution < 1.29 is 4.79 Å². The number of likely N-dealkylation sites (tertiary alicyclic amines) is 1. The average Bonchev–Trinajstić information content (AvgIpc) is 2.52. The fourth-order valence-corrected chi connectivity index (χ4v) is 3.96. The van der Waals surface area contributed by atoms with E-state index in [0.29, 0.717) is 5.91 Å². The van der Waals surface area contributed by atoms with E-state index in [1.54, 1.807) is 0 Å². The first-order valence-corrected chi connectivity index (χ1v) is 9.24. The highest BCUT2D eigenvalue weighted by molar-refractivity contribution is 5.88. The minimum absolute atomic E-state index is 0.0222. The van der Waals surface area contributed by atoms with Gasteiger partial charge in [-0.2, -0.15) is 0 Å². The molecule has 2 rings (SSSR count). The molecule has 1 atom stereocenters. The van der Waals surface area contributed by atoms with E-state index in [2.05, 4.69) is 24.1 Å². The molecule has 0 aromatic carbocycles. The monoisotopic (exact) mass is 294 g/mol. The van der Waals surface area contributed by atoms with E-state index in [-0.39, 0.29) is 5.41 Å². The number of nitrogens with zero attached hydrogens (tertiary/aromatic N) is 1. The van der Waals surface area contributed by atoms with E-state index in [1.807, 2.05) is 0 Å². The quantitative estimate of drug-likeness (QED) is 0.519. The van der Waals surface area contributed by atoms with E-state index < -0.39 is 0 Å². The molecule has 0 radical (unpaired) electrons. The second-order valence-corrected chi connectivity index (χ2v) is 7.14. The van der Waals surface area contributed by atoms with Crippen molar-refractivity contribution in [1.29, 1.82) is 0 Å². The van der Waals surface area contributed by atoms with Crippen molar-refractivity contribution in [3.05, 3.63) is 0 Å². The maximum Gasteiger partial charge on any atom is 0.228 e. The molecule has 3 heteroatoms. The zero-order chi connectivity index (χ0) is 15.1. The van der Waals surface area contributed by atoms with Crippen LogP contribution in [0.3, 0.4) is 0 Å². The van der Waals surface area contributed by atoms with Crippen molar-refractivity contribution in [2.24, 2.45) is 5.41 Å². The Morgan fingerprint density at radius 3 is 2.29 bits per heavy atom. The van der Waals surface area contributed by atoms with Crippen LogP contribution < -0.4 is 5.32 Å². The van der Waals surface area contributed by atoms with Gasteiger partial charge >= 0.3 is 0 Å². The van der Waals surface area contributed by atoms with Crippen molar-refractivity contribution in [3.63, 3.8) is 0 Å². The standard InChI is InChI=1S/C18H34N2O/c1-3-5-6-7-8-10-16(9-4-2)20-13-11-18(12-14-20)15-19-17(18)21/h16H,3-15H2,1-2H3,(H,19,21). The topological polar surface area (TPSA) is 32.3 Å². The Morgan fingerprint density at radius 1 is 1.05 bits per heavy atom. The molecule has 1 spiro atoms. The molecule has 2 saturated heterocycles. The summed E-state index contributed by atoms with van der Waals surface area (Å²) in [4.78, 5) is 14.4. The third-order valence-electron chi connectivity index (χ3n) is 5.60. The summed E-state index contributed by atoms with van der Waals surface area (Å²) in [6.07, 6.45) is 13.0. The lowest BCUT2D eigenvalue weighted by Crippen LogP contribution is -2.63. The van der Waals surface area contributed by atoms with Crippen molar-refractivity contribution >= 4 is 5.91 Å². The Kier molecular flexibility index (Phi) is 6.53. The van der Waals surface area contributed by atoms with Gasteiger partial charge in [-0.05, 0) is 38.8 Å². The number of nitrogens with one attached hydrogen (secondary N) is 1. The molecule has 0 saturated carbocycles. The van der Waals surface area contributed by atoms with Crippen LogP contribution in [0.5, 0.6) is 0 Å². The fraction of sp³-hybridized carbons (Fsp3) is 0.944. The second-order valence-electron chi connectivity index (χ2n) is 7.14. The zero-order valence-corrected chi connectivity index (χ0v) is 14.1. The van der Waals surface area contributed by atoms with Gasteiger partial charge in [-0.3, -0.25) is 4.79 Å². The molecule has 2 fully saturated rings. The Hall–Kier alpha value is -0.570. The lowest BCUT2D eigenvalue weighted by molar-refractivity contribution is -0.144. The molecule has 1 amide bonds. The number of hydrogen-bond acceptors (Lipinski definition) is 2. The summed E-state index contributed by atoms with van der Waals surface area (Å²) in [5.41, 5.74) is 0.0222. The molecule has 0 bridgehead atoms. The summed E-state index contributed by atoms with van der Waals surface area (Å²) < 4.78 is 0. The van der Waals surface area contributed by atoms with Gasteiger partial charge in [0.1, 0.15) is 0 Å². The largest absolute Gasteiger partial charge is 0.354 e. The van der Waals surface area contributed by atoms with Crippen LogP contribution in [0.2, 0.25) is 0 Å². The normalized spacial score (nSPS) is 22.9. The van der Waals surface area contributed by atoms with Crippen molar-refractivity contribution in [2.45, 2.75) is 84.1 Å². The lowest BCUT2D eigenvalue weighted by Gasteiger charge is -2.48. The van der Waals surface area contributed by atoms with Gasteiger partial charge in [0.2, 0.25) is 5.91 Å². The minimum atomic E-state index is 0.0222.